The highest BCUT2D eigenvalue weighted by Crippen LogP contribution is 2.32. The molecule has 0 aliphatic rings. The van der Waals surface area contributed by atoms with Crippen molar-refractivity contribution >= 4 is 11.4 Å². The maximum atomic E-state index is 11.3. The van der Waals surface area contributed by atoms with Crippen LogP contribution < -0.4 is 4.90 Å². The zero-order valence-electron chi connectivity index (χ0n) is 13.6. The molecule has 0 unspecified atom stereocenters. The van der Waals surface area contributed by atoms with Crippen LogP contribution in [0, 0.1) is 17.0 Å². The summed E-state index contributed by atoms with van der Waals surface area (Å²) in [4.78, 5) is 16.9. The van der Waals surface area contributed by atoms with Gasteiger partial charge in [-0.05, 0) is 19.1 Å². The quantitative estimate of drug-likeness (QED) is 0.537. The number of hydrogen-bond donors (Lipinski definition) is 0. The molecule has 0 spiro atoms. The van der Waals surface area contributed by atoms with Gasteiger partial charge in [0.15, 0.2) is 0 Å². The molecule has 122 valence electrons. The van der Waals surface area contributed by atoms with Gasteiger partial charge in [0.2, 0.25) is 5.82 Å². The number of rotatable bonds is 4. The Morgan fingerprint density at radius 2 is 1.75 bits per heavy atom. The molecule has 0 bridgehead atoms. The average Bonchev–Trinajstić information content (AvgIpc) is 3.04. The van der Waals surface area contributed by atoms with Gasteiger partial charge in [0.25, 0.3) is 11.6 Å². The molecule has 0 atom stereocenters. The smallest absolute Gasteiger partial charge is 0.293 e. The van der Waals surface area contributed by atoms with Crippen LogP contribution in [0.2, 0.25) is 0 Å². The van der Waals surface area contributed by atoms with Crippen molar-refractivity contribution in [3.05, 3.63) is 58.1 Å². The monoisotopic (exact) mass is 324 g/mol. The lowest BCUT2D eigenvalue weighted by Gasteiger charge is -2.12. The Labute approximate surface area is 138 Å². The highest BCUT2D eigenvalue weighted by Gasteiger charge is 2.19. The van der Waals surface area contributed by atoms with E-state index in [1.54, 1.807) is 31.1 Å². The van der Waals surface area contributed by atoms with Crippen LogP contribution in [0.3, 0.4) is 0 Å². The van der Waals surface area contributed by atoms with Crippen LogP contribution in [0.1, 0.15) is 5.56 Å². The Kier molecular flexibility index (Phi) is 3.99. The van der Waals surface area contributed by atoms with Gasteiger partial charge in [-0.3, -0.25) is 10.1 Å². The second-order valence-corrected chi connectivity index (χ2v) is 5.64. The van der Waals surface area contributed by atoms with Gasteiger partial charge in [0, 0.05) is 31.3 Å². The van der Waals surface area contributed by atoms with Crippen LogP contribution >= 0.6 is 0 Å². The Hall–Kier alpha value is -3.22. The van der Waals surface area contributed by atoms with Crippen molar-refractivity contribution in [1.29, 1.82) is 0 Å². The average molecular weight is 324 g/mol. The summed E-state index contributed by atoms with van der Waals surface area (Å²) in [6, 6.07) is 12.6. The minimum absolute atomic E-state index is 0.00686. The zero-order valence-corrected chi connectivity index (χ0v) is 13.6. The zero-order chi connectivity index (χ0) is 17.3. The predicted octanol–water partition coefficient (Wildman–Crippen LogP) is 3.69. The van der Waals surface area contributed by atoms with Crippen LogP contribution in [0.25, 0.3) is 22.8 Å². The fourth-order valence-corrected chi connectivity index (χ4v) is 2.34. The molecule has 0 fully saturated rings. The Morgan fingerprint density at radius 3 is 2.38 bits per heavy atom. The molecule has 0 aliphatic carbocycles. The van der Waals surface area contributed by atoms with E-state index in [2.05, 4.69) is 10.1 Å². The molecule has 7 nitrogen and oxygen atoms in total. The number of anilines is 1. The lowest BCUT2D eigenvalue weighted by atomic mass is 10.1. The fourth-order valence-electron chi connectivity index (χ4n) is 2.34. The molecular weight excluding hydrogens is 308 g/mol. The van der Waals surface area contributed by atoms with E-state index in [4.69, 9.17) is 4.52 Å². The standard InChI is InChI=1S/C17H16N4O3/c1-11-4-6-12(7-5-11)16-18-17(24-19-16)13-8-9-14(20(2)3)15(10-13)21(22)23/h4-10H,1-3H3. The first-order valence-electron chi connectivity index (χ1n) is 7.32. The number of nitro benzene ring substituents is 1. The van der Waals surface area contributed by atoms with Gasteiger partial charge >= 0.3 is 0 Å². The highest BCUT2D eigenvalue weighted by molar-refractivity contribution is 5.71. The molecule has 2 aromatic carbocycles. The normalized spacial score (nSPS) is 10.6. The van der Waals surface area contributed by atoms with E-state index in [1.165, 1.54) is 6.07 Å². The summed E-state index contributed by atoms with van der Waals surface area (Å²) in [6.07, 6.45) is 0. The maximum absolute atomic E-state index is 11.3. The molecular formula is C17H16N4O3. The van der Waals surface area contributed by atoms with Crippen molar-refractivity contribution in [2.75, 3.05) is 19.0 Å². The summed E-state index contributed by atoms with van der Waals surface area (Å²) < 4.78 is 5.27. The van der Waals surface area contributed by atoms with Gasteiger partial charge < -0.3 is 9.42 Å². The maximum Gasteiger partial charge on any atom is 0.293 e. The third-order valence-electron chi connectivity index (χ3n) is 3.64. The third-order valence-corrected chi connectivity index (χ3v) is 3.64. The summed E-state index contributed by atoms with van der Waals surface area (Å²) >= 11 is 0. The van der Waals surface area contributed by atoms with Crippen LogP contribution in [0.4, 0.5) is 11.4 Å². The molecule has 0 aliphatic heterocycles. The van der Waals surface area contributed by atoms with E-state index in [0.29, 0.717) is 17.1 Å². The van der Waals surface area contributed by atoms with Gasteiger partial charge in [0.05, 0.1) is 4.92 Å². The van der Waals surface area contributed by atoms with Gasteiger partial charge in [0.1, 0.15) is 5.69 Å². The summed E-state index contributed by atoms with van der Waals surface area (Å²) in [7, 11) is 3.51. The van der Waals surface area contributed by atoms with Crippen LogP contribution in [-0.2, 0) is 0 Å². The van der Waals surface area contributed by atoms with Crippen molar-refractivity contribution < 1.29 is 9.45 Å². The second-order valence-electron chi connectivity index (χ2n) is 5.64. The Bertz CT molecular complexity index is 885. The van der Waals surface area contributed by atoms with E-state index in [-0.39, 0.29) is 11.6 Å². The molecule has 24 heavy (non-hydrogen) atoms. The molecule has 0 N–H and O–H groups in total. The molecule has 0 radical (unpaired) electrons. The first-order valence-corrected chi connectivity index (χ1v) is 7.32. The highest BCUT2D eigenvalue weighted by atomic mass is 16.6. The first kappa shape index (κ1) is 15.7. The summed E-state index contributed by atoms with van der Waals surface area (Å²) in [5.74, 6) is 0.698. The molecule has 7 heteroatoms. The Morgan fingerprint density at radius 1 is 1.08 bits per heavy atom. The second kappa shape index (κ2) is 6.11. The molecule has 1 aromatic heterocycles. The topological polar surface area (TPSA) is 85.3 Å². The fraction of sp³-hybridized carbons (Fsp3) is 0.176. The molecule has 0 amide bonds. The van der Waals surface area contributed by atoms with Crippen molar-refractivity contribution in [2.24, 2.45) is 0 Å². The SMILES string of the molecule is Cc1ccc(-c2noc(-c3ccc(N(C)C)c([N+](=O)[O-])c3)n2)cc1. The lowest BCUT2D eigenvalue weighted by Crippen LogP contribution is -2.10. The van der Waals surface area contributed by atoms with Gasteiger partial charge in [-0.2, -0.15) is 4.98 Å². The van der Waals surface area contributed by atoms with Crippen molar-refractivity contribution in [2.45, 2.75) is 6.92 Å². The summed E-state index contributed by atoms with van der Waals surface area (Å²) in [6.45, 7) is 2.00. The van der Waals surface area contributed by atoms with Crippen LogP contribution in [0.5, 0.6) is 0 Å². The van der Waals surface area contributed by atoms with E-state index in [9.17, 15) is 10.1 Å². The lowest BCUT2D eigenvalue weighted by molar-refractivity contribution is -0.384. The largest absolute Gasteiger partial charge is 0.372 e. The summed E-state index contributed by atoms with van der Waals surface area (Å²) in [5, 5.41) is 15.2. The number of aromatic nitrogens is 2. The van der Waals surface area contributed by atoms with E-state index >= 15 is 0 Å². The van der Waals surface area contributed by atoms with Crippen molar-refractivity contribution in [1.82, 2.24) is 10.1 Å². The number of hydrogen-bond acceptors (Lipinski definition) is 6. The molecule has 3 aromatic rings. The molecule has 0 saturated carbocycles. The molecule has 1 heterocycles. The minimum Gasteiger partial charge on any atom is -0.372 e. The van der Waals surface area contributed by atoms with Gasteiger partial charge in [-0.15, -0.1) is 0 Å². The number of benzene rings is 2. The van der Waals surface area contributed by atoms with Crippen LogP contribution in [-0.4, -0.2) is 29.2 Å². The number of nitrogens with zero attached hydrogens (tertiary/aromatic N) is 4. The number of aryl methyl sites for hydroxylation is 1. The first-order chi connectivity index (χ1) is 11.5. The predicted molar refractivity (Wildman–Crippen MR) is 90.9 cm³/mol. The van der Waals surface area contributed by atoms with E-state index in [0.717, 1.165) is 11.1 Å². The Balaban J connectivity index is 1.99. The molecule has 0 saturated heterocycles. The number of nitro groups is 1. The van der Waals surface area contributed by atoms with Crippen molar-refractivity contribution in [3.8, 4) is 22.8 Å². The van der Waals surface area contributed by atoms with Gasteiger partial charge in [-0.1, -0.05) is 35.0 Å². The van der Waals surface area contributed by atoms with Crippen molar-refractivity contribution in [3.63, 3.8) is 0 Å². The van der Waals surface area contributed by atoms with Crippen LogP contribution in [0.15, 0.2) is 47.0 Å². The molecule has 3 rings (SSSR count). The summed E-state index contributed by atoms with van der Waals surface area (Å²) in [5.41, 5.74) is 2.99. The third kappa shape index (κ3) is 2.96. The van der Waals surface area contributed by atoms with E-state index < -0.39 is 4.92 Å². The minimum atomic E-state index is -0.421. The van der Waals surface area contributed by atoms with E-state index in [1.807, 2.05) is 31.2 Å². The van der Waals surface area contributed by atoms with Gasteiger partial charge in [-0.25, -0.2) is 0 Å².